The van der Waals surface area contributed by atoms with Crippen molar-refractivity contribution >= 4 is 17.6 Å². The lowest BCUT2D eigenvalue weighted by atomic mass is 9.93. The summed E-state index contributed by atoms with van der Waals surface area (Å²) >= 11 is 0. The standard InChI is InChI=1S/C17H26N2O3/c1-17(2,3)10-16(21)22-12-15(20)18-11-13-6-8-14(9-7-13)19(4)5/h6-9H,10-12H2,1-5H3,(H,18,20). The summed E-state index contributed by atoms with van der Waals surface area (Å²) in [6.07, 6.45) is 0.298. The lowest BCUT2D eigenvalue weighted by Crippen LogP contribution is -2.29. The molecule has 0 aliphatic heterocycles. The molecule has 1 amide bonds. The van der Waals surface area contributed by atoms with Crippen molar-refractivity contribution < 1.29 is 14.3 Å². The van der Waals surface area contributed by atoms with E-state index in [1.165, 1.54) is 0 Å². The van der Waals surface area contributed by atoms with Gasteiger partial charge in [-0.05, 0) is 23.1 Å². The normalized spacial score (nSPS) is 11.0. The zero-order valence-electron chi connectivity index (χ0n) is 14.1. The van der Waals surface area contributed by atoms with Crippen LogP contribution in [0.1, 0.15) is 32.8 Å². The van der Waals surface area contributed by atoms with Gasteiger partial charge in [-0.3, -0.25) is 9.59 Å². The summed E-state index contributed by atoms with van der Waals surface area (Å²) < 4.78 is 4.96. The SMILES string of the molecule is CN(C)c1ccc(CNC(=O)COC(=O)CC(C)(C)C)cc1. The largest absolute Gasteiger partial charge is 0.456 e. The Balaban J connectivity index is 2.32. The Morgan fingerprint density at radius 1 is 1.14 bits per heavy atom. The van der Waals surface area contributed by atoms with Gasteiger partial charge in [0.15, 0.2) is 6.61 Å². The van der Waals surface area contributed by atoms with Crippen molar-refractivity contribution in [2.24, 2.45) is 5.41 Å². The maximum atomic E-state index is 11.7. The van der Waals surface area contributed by atoms with E-state index in [0.29, 0.717) is 13.0 Å². The number of esters is 1. The lowest BCUT2D eigenvalue weighted by molar-refractivity contribution is -0.150. The van der Waals surface area contributed by atoms with Gasteiger partial charge in [-0.1, -0.05) is 32.9 Å². The number of hydrogen-bond acceptors (Lipinski definition) is 4. The molecule has 122 valence electrons. The van der Waals surface area contributed by atoms with Crippen molar-refractivity contribution in [1.82, 2.24) is 5.32 Å². The van der Waals surface area contributed by atoms with Crippen molar-refractivity contribution in [1.29, 1.82) is 0 Å². The predicted octanol–water partition coefficient (Wildman–Crippen LogP) is 2.35. The smallest absolute Gasteiger partial charge is 0.306 e. The Kier molecular flexibility index (Phi) is 6.40. The van der Waals surface area contributed by atoms with E-state index in [1.54, 1.807) is 0 Å². The van der Waals surface area contributed by atoms with E-state index in [4.69, 9.17) is 4.74 Å². The minimum atomic E-state index is -0.349. The molecule has 0 bridgehead atoms. The van der Waals surface area contributed by atoms with Crippen molar-refractivity contribution in [3.63, 3.8) is 0 Å². The van der Waals surface area contributed by atoms with Gasteiger partial charge in [0.25, 0.3) is 5.91 Å². The average molecular weight is 306 g/mol. The van der Waals surface area contributed by atoms with Gasteiger partial charge in [-0.15, -0.1) is 0 Å². The molecule has 5 heteroatoms. The van der Waals surface area contributed by atoms with Crippen LogP contribution < -0.4 is 10.2 Å². The quantitative estimate of drug-likeness (QED) is 0.820. The molecule has 0 saturated heterocycles. The van der Waals surface area contributed by atoms with Crippen molar-refractivity contribution in [2.45, 2.75) is 33.7 Å². The highest BCUT2D eigenvalue weighted by Crippen LogP contribution is 2.18. The Hall–Kier alpha value is -2.04. The molecular formula is C17H26N2O3. The predicted molar refractivity (Wildman–Crippen MR) is 87.6 cm³/mol. The molecule has 1 rings (SSSR count). The number of rotatable bonds is 6. The minimum absolute atomic E-state index is 0.137. The topological polar surface area (TPSA) is 58.6 Å². The number of carbonyl (C=O) groups is 2. The van der Waals surface area contributed by atoms with E-state index in [2.05, 4.69) is 5.32 Å². The molecule has 0 aliphatic rings. The molecule has 1 aromatic carbocycles. The van der Waals surface area contributed by atoms with E-state index >= 15 is 0 Å². The molecule has 0 spiro atoms. The molecular weight excluding hydrogens is 280 g/mol. The molecule has 0 aliphatic carbocycles. The zero-order valence-corrected chi connectivity index (χ0v) is 14.1. The monoisotopic (exact) mass is 306 g/mol. The van der Waals surface area contributed by atoms with Crippen LogP contribution in [0.3, 0.4) is 0 Å². The van der Waals surface area contributed by atoms with Crippen molar-refractivity contribution in [3.8, 4) is 0 Å². The van der Waals surface area contributed by atoms with E-state index in [-0.39, 0.29) is 23.9 Å². The number of nitrogens with zero attached hydrogens (tertiary/aromatic N) is 1. The van der Waals surface area contributed by atoms with Crippen LogP contribution in [0.2, 0.25) is 0 Å². The molecule has 0 radical (unpaired) electrons. The van der Waals surface area contributed by atoms with Crippen LogP contribution in [0.5, 0.6) is 0 Å². The summed E-state index contributed by atoms with van der Waals surface area (Å²) in [5, 5.41) is 2.74. The van der Waals surface area contributed by atoms with Crippen LogP contribution in [0, 0.1) is 5.41 Å². The molecule has 0 heterocycles. The Morgan fingerprint density at radius 3 is 2.23 bits per heavy atom. The summed E-state index contributed by atoms with van der Waals surface area (Å²) in [5.41, 5.74) is 1.97. The zero-order chi connectivity index (χ0) is 16.8. The summed E-state index contributed by atoms with van der Waals surface area (Å²) in [6, 6.07) is 7.90. The van der Waals surface area contributed by atoms with E-state index in [9.17, 15) is 9.59 Å². The van der Waals surface area contributed by atoms with Gasteiger partial charge >= 0.3 is 5.97 Å². The van der Waals surface area contributed by atoms with Gasteiger partial charge in [-0.2, -0.15) is 0 Å². The first kappa shape index (κ1) is 18.0. The van der Waals surface area contributed by atoms with E-state index in [1.807, 2.05) is 64.0 Å². The molecule has 0 aromatic heterocycles. The molecule has 0 atom stereocenters. The summed E-state index contributed by atoms with van der Waals surface area (Å²) in [5.74, 6) is -0.642. The molecule has 5 nitrogen and oxygen atoms in total. The van der Waals surface area contributed by atoms with Crippen LogP contribution in [-0.4, -0.2) is 32.6 Å². The van der Waals surface area contributed by atoms with Crippen molar-refractivity contribution in [2.75, 3.05) is 25.6 Å². The highest BCUT2D eigenvalue weighted by atomic mass is 16.5. The van der Waals surface area contributed by atoms with Crippen LogP contribution in [-0.2, 0) is 20.9 Å². The molecule has 0 fully saturated rings. The summed E-state index contributed by atoms with van der Waals surface area (Å²) in [7, 11) is 3.95. The second-order valence-electron chi connectivity index (χ2n) is 6.74. The fraction of sp³-hybridized carbons (Fsp3) is 0.529. The Morgan fingerprint density at radius 2 is 1.73 bits per heavy atom. The first-order chi connectivity index (χ1) is 10.2. The number of anilines is 1. The first-order valence-electron chi connectivity index (χ1n) is 7.36. The minimum Gasteiger partial charge on any atom is -0.456 e. The molecule has 1 N–H and O–H groups in total. The molecule has 0 saturated carbocycles. The van der Waals surface area contributed by atoms with Gasteiger partial charge in [0.05, 0.1) is 6.42 Å². The summed E-state index contributed by atoms with van der Waals surface area (Å²) in [4.78, 5) is 25.2. The Labute approximate surface area is 132 Å². The average Bonchev–Trinajstić information content (AvgIpc) is 2.41. The van der Waals surface area contributed by atoms with Gasteiger partial charge < -0.3 is 15.0 Å². The third kappa shape index (κ3) is 7.11. The van der Waals surface area contributed by atoms with Gasteiger partial charge in [-0.25, -0.2) is 0 Å². The fourth-order valence-electron chi connectivity index (χ4n) is 1.79. The maximum Gasteiger partial charge on any atom is 0.306 e. The van der Waals surface area contributed by atoms with Gasteiger partial charge in [0.2, 0.25) is 0 Å². The number of benzene rings is 1. The highest BCUT2D eigenvalue weighted by Gasteiger charge is 2.17. The molecule has 0 unspecified atom stereocenters. The first-order valence-corrected chi connectivity index (χ1v) is 7.36. The van der Waals surface area contributed by atoms with E-state index < -0.39 is 0 Å². The lowest BCUT2D eigenvalue weighted by Gasteiger charge is -2.16. The van der Waals surface area contributed by atoms with Gasteiger partial charge in [0, 0.05) is 26.3 Å². The highest BCUT2D eigenvalue weighted by molar-refractivity contribution is 5.80. The molecule has 1 aromatic rings. The van der Waals surface area contributed by atoms with Gasteiger partial charge in [0.1, 0.15) is 0 Å². The van der Waals surface area contributed by atoms with Crippen LogP contribution in [0.25, 0.3) is 0 Å². The second-order valence-corrected chi connectivity index (χ2v) is 6.74. The van der Waals surface area contributed by atoms with Crippen LogP contribution >= 0.6 is 0 Å². The van der Waals surface area contributed by atoms with Crippen LogP contribution in [0.4, 0.5) is 5.69 Å². The fourth-order valence-corrected chi connectivity index (χ4v) is 1.79. The molecule has 22 heavy (non-hydrogen) atoms. The maximum absolute atomic E-state index is 11.7. The van der Waals surface area contributed by atoms with Crippen molar-refractivity contribution in [3.05, 3.63) is 29.8 Å². The number of hydrogen-bond donors (Lipinski definition) is 1. The summed E-state index contributed by atoms with van der Waals surface area (Å²) in [6.45, 7) is 6.04. The number of ether oxygens (including phenoxy) is 1. The number of carbonyl (C=O) groups excluding carboxylic acids is 2. The number of amides is 1. The Bertz CT molecular complexity index is 502. The van der Waals surface area contributed by atoms with E-state index in [0.717, 1.165) is 11.3 Å². The number of nitrogens with one attached hydrogen (secondary N) is 1. The second kappa shape index (κ2) is 7.82. The third-order valence-corrected chi connectivity index (χ3v) is 2.98. The third-order valence-electron chi connectivity index (χ3n) is 2.98. The van der Waals surface area contributed by atoms with Crippen LogP contribution in [0.15, 0.2) is 24.3 Å².